The fourth-order valence-electron chi connectivity index (χ4n) is 2.14. The lowest BCUT2D eigenvalue weighted by molar-refractivity contribution is -0.0944. The Labute approximate surface area is 118 Å². The highest BCUT2D eigenvalue weighted by Gasteiger charge is 2.35. The molecule has 1 aliphatic rings. The molecule has 0 unspecified atom stereocenters. The van der Waals surface area contributed by atoms with Crippen LogP contribution in [0.4, 0.5) is 18.9 Å². The maximum absolute atomic E-state index is 12.6. The van der Waals surface area contributed by atoms with E-state index in [1.165, 1.54) is 18.2 Å². The minimum absolute atomic E-state index is 0.0126. The summed E-state index contributed by atoms with van der Waals surface area (Å²) < 4.78 is 37.7. The second-order valence-corrected chi connectivity index (χ2v) is 4.77. The van der Waals surface area contributed by atoms with Crippen LogP contribution in [-0.2, 0) is 0 Å². The first-order valence-corrected chi connectivity index (χ1v) is 6.21. The van der Waals surface area contributed by atoms with Crippen LogP contribution in [0.2, 0.25) is 5.02 Å². The van der Waals surface area contributed by atoms with Gasteiger partial charge < -0.3 is 10.0 Å². The molecular formula is C13H11ClF3NO2. The van der Waals surface area contributed by atoms with Crippen molar-refractivity contribution in [2.45, 2.75) is 12.6 Å². The SMILES string of the molecule is O=C(O)c1cccc(Cl)c1N1CC=C(C(F)(F)F)CC1. The number of hydrogen-bond acceptors (Lipinski definition) is 2. The van der Waals surface area contributed by atoms with Crippen LogP contribution in [0.1, 0.15) is 16.8 Å². The van der Waals surface area contributed by atoms with Crippen molar-refractivity contribution >= 4 is 23.3 Å². The standard InChI is InChI=1S/C13H11ClF3NO2/c14-10-3-1-2-9(12(19)20)11(10)18-6-4-8(5-7-18)13(15,16)17/h1-4H,5-7H2,(H,19,20). The summed E-state index contributed by atoms with van der Waals surface area (Å²) in [6, 6.07) is 4.40. The minimum Gasteiger partial charge on any atom is -0.478 e. The Morgan fingerprint density at radius 3 is 2.55 bits per heavy atom. The van der Waals surface area contributed by atoms with Crippen LogP contribution in [0.3, 0.4) is 0 Å². The summed E-state index contributed by atoms with van der Waals surface area (Å²) in [6.07, 6.45) is -3.45. The summed E-state index contributed by atoms with van der Waals surface area (Å²) in [4.78, 5) is 12.7. The predicted molar refractivity (Wildman–Crippen MR) is 69.4 cm³/mol. The Bertz CT molecular complexity index is 569. The molecule has 20 heavy (non-hydrogen) atoms. The fourth-order valence-corrected chi connectivity index (χ4v) is 2.43. The van der Waals surface area contributed by atoms with Crippen molar-refractivity contribution in [2.75, 3.05) is 18.0 Å². The molecule has 7 heteroatoms. The zero-order valence-electron chi connectivity index (χ0n) is 10.2. The van der Waals surface area contributed by atoms with Crippen LogP contribution in [0.25, 0.3) is 0 Å². The van der Waals surface area contributed by atoms with Crippen molar-refractivity contribution in [2.24, 2.45) is 0 Å². The van der Waals surface area contributed by atoms with E-state index in [-0.39, 0.29) is 35.8 Å². The quantitative estimate of drug-likeness (QED) is 0.846. The molecule has 2 rings (SSSR count). The molecule has 1 heterocycles. The number of carbonyl (C=O) groups is 1. The van der Waals surface area contributed by atoms with E-state index in [2.05, 4.69) is 0 Å². The number of alkyl halides is 3. The highest BCUT2D eigenvalue weighted by molar-refractivity contribution is 6.34. The van der Waals surface area contributed by atoms with Gasteiger partial charge in [0.2, 0.25) is 0 Å². The molecular weight excluding hydrogens is 295 g/mol. The summed E-state index contributed by atoms with van der Waals surface area (Å²) in [5.74, 6) is -1.16. The molecule has 0 radical (unpaired) electrons. The number of nitrogens with zero attached hydrogens (tertiary/aromatic N) is 1. The van der Waals surface area contributed by atoms with Gasteiger partial charge in [0.25, 0.3) is 0 Å². The van der Waals surface area contributed by atoms with E-state index >= 15 is 0 Å². The lowest BCUT2D eigenvalue weighted by Gasteiger charge is -2.30. The van der Waals surface area contributed by atoms with Crippen molar-refractivity contribution in [1.29, 1.82) is 0 Å². The van der Waals surface area contributed by atoms with E-state index in [0.29, 0.717) is 0 Å². The molecule has 1 N–H and O–H groups in total. The van der Waals surface area contributed by atoms with Gasteiger partial charge in [-0.15, -0.1) is 0 Å². The van der Waals surface area contributed by atoms with Crippen LogP contribution < -0.4 is 4.90 Å². The summed E-state index contributed by atoms with van der Waals surface area (Å²) in [7, 11) is 0. The first kappa shape index (κ1) is 14.7. The summed E-state index contributed by atoms with van der Waals surface area (Å²) >= 11 is 5.99. The Morgan fingerprint density at radius 2 is 2.05 bits per heavy atom. The third-order valence-electron chi connectivity index (χ3n) is 3.11. The number of aromatic carboxylic acids is 1. The number of halogens is 4. The highest BCUT2D eigenvalue weighted by Crippen LogP contribution is 2.35. The molecule has 1 aromatic rings. The van der Waals surface area contributed by atoms with Gasteiger partial charge in [-0.2, -0.15) is 13.2 Å². The fraction of sp³-hybridized carbons (Fsp3) is 0.308. The maximum Gasteiger partial charge on any atom is 0.412 e. The van der Waals surface area contributed by atoms with Gasteiger partial charge in [0.15, 0.2) is 0 Å². The topological polar surface area (TPSA) is 40.5 Å². The van der Waals surface area contributed by atoms with Crippen LogP contribution >= 0.6 is 11.6 Å². The van der Waals surface area contributed by atoms with Crippen molar-refractivity contribution < 1.29 is 23.1 Å². The molecule has 0 saturated carbocycles. The van der Waals surface area contributed by atoms with Gasteiger partial charge in [0, 0.05) is 18.7 Å². The number of rotatable bonds is 2. The molecule has 1 aromatic carbocycles. The number of para-hydroxylation sites is 1. The van der Waals surface area contributed by atoms with Crippen molar-refractivity contribution in [3.05, 3.63) is 40.4 Å². The summed E-state index contributed by atoms with van der Waals surface area (Å²) in [6.45, 7) is 0.0637. The van der Waals surface area contributed by atoms with Crippen LogP contribution in [0, 0.1) is 0 Å². The van der Waals surface area contributed by atoms with Gasteiger partial charge in [-0.05, 0) is 18.6 Å². The third-order valence-corrected chi connectivity index (χ3v) is 3.41. The van der Waals surface area contributed by atoms with E-state index < -0.39 is 17.7 Å². The first-order chi connectivity index (χ1) is 9.30. The average Bonchev–Trinajstić information content (AvgIpc) is 2.37. The van der Waals surface area contributed by atoms with Crippen molar-refractivity contribution in [3.8, 4) is 0 Å². The summed E-state index contributed by atoms with van der Waals surface area (Å²) in [5, 5.41) is 9.34. The van der Waals surface area contributed by atoms with Crippen molar-refractivity contribution in [3.63, 3.8) is 0 Å². The zero-order chi connectivity index (χ0) is 14.9. The average molecular weight is 306 g/mol. The van der Waals surface area contributed by atoms with E-state index in [4.69, 9.17) is 16.7 Å². The normalized spacial score (nSPS) is 16.0. The molecule has 0 atom stereocenters. The van der Waals surface area contributed by atoms with Gasteiger partial charge in [-0.3, -0.25) is 0 Å². The molecule has 0 bridgehead atoms. The highest BCUT2D eigenvalue weighted by atomic mass is 35.5. The Morgan fingerprint density at radius 1 is 1.35 bits per heavy atom. The lowest BCUT2D eigenvalue weighted by atomic mass is 10.1. The molecule has 0 amide bonds. The van der Waals surface area contributed by atoms with Gasteiger partial charge in [-0.25, -0.2) is 4.79 Å². The second-order valence-electron chi connectivity index (χ2n) is 4.36. The monoisotopic (exact) mass is 305 g/mol. The van der Waals surface area contributed by atoms with E-state index in [1.807, 2.05) is 0 Å². The van der Waals surface area contributed by atoms with Crippen LogP contribution in [0.15, 0.2) is 29.8 Å². The molecule has 0 fully saturated rings. The number of carboxylic acids is 1. The summed E-state index contributed by atoms with van der Waals surface area (Å²) in [5.41, 5.74) is -0.335. The third kappa shape index (κ3) is 2.90. The maximum atomic E-state index is 12.6. The smallest absolute Gasteiger partial charge is 0.412 e. The molecule has 0 saturated heterocycles. The largest absolute Gasteiger partial charge is 0.478 e. The van der Waals surface area contributed by atoms with E-state index in [0.717, 1.165) is 6.08 Å². The molecule has 1 aliphatic heterocycles. The second kappa shape index (κ2) is 5.36. The molecule has 0 spiro atoms. The van der Waals surface area contributed by atoms with E-state index in [9.17, 15) is 18.0 Å². The predicted octanol–water partition coefficient (Wildman–Crippen LogP) is 3.74. The Balaban J connectivity index is 2.32. The minimum atomic E-state index is -4.33. The van der Waals surface area contributed by atoms with Gasteiger partial charge in [0.05, 0.1) is 16.3 Å². The Kier molecular flexibility index (Phi) is 3.94. The number of anilines is 1. The zero-order valence-corrected chi connectivity index (χ0v) is 11.0. The number of carboxylic acid groups (broad SMARTS) is 1. The molecule has 3 nitrogen and oxygen atoms in total. The number of benzene rings is 1. The van der Waals surface area contributed by atoms with Gasteiger partial charge >= 0.3 is 12.1 Å². The van der Waals surface area contributed by atoms with Crippen molar-refractivity contribution in [1.82, 2.24) is 0 Å². The van der Waals surface area contributed by atoms with Crippen LogP contribution in [0.5, 0.6) is 0 Å². The lowest BCUT2D eigenvalue weighted by Crippen LogP contribution is -2.33. The van der Waals surface area contributed by atoms with Crippen LogP contribution in [-0.4, -0.2) is 30.3 Å². The van der Waals surface area contributed by atoms with Gasteiger partial charge in [-0.1, -0.05) is 23.7 Å². The van der Waals surface area contributed by atoms with E-state index in [1.54, 1.807) is 4.90 Å². The molecule has 0 aliphatic carbocycles. The van der Waals surface area contributed by atoms with Gasteiger partial charge in [0.1, 0.15) is 0 Å². The molecule has 108 valence electrons. The number of hydrogen-bond donors (Lipinski definition) is 1. The Hall–Kier alpha value is -1.69. The molecule has 0 aromatic heterocycles. The first-order valence-electron chi connectivity index (χ1n) is 5.83.